The fourth-order valence-electron chi connectivity index (χ4n) is 4.48. The zero-order valence-corrected chi connectivity index (χ0v) is 23.3. The fourth-order valence-corrected chi connectivity index (χ4v) is 4.48. The maximum atomic E-state index is 13.6. The molecule has 0 saturated carbocycles. The summed E-state index contributed by atoms with van der Waals surface area (Å²) in [7, 11) is 0. The van der Waals surface area contributed by atoms with Crippen molar-refractivity contribution in [3.05, 3.63) is 59.9 Å². The first-order valence-corrected chi connectivity index (χ1v) is 13.4. The predicted octanol–water partition coefficient (Wildman–Crippen LogP) is 1.33. The maximum Gasteiger partial charge on any atom is 0.329 e. The second-order valence-corrected chi connectivity index (χ2v) is 10.6. The largest absolute Gasteiger partial charge is 0.505 e. The molecule has 0 bridgehead atoms. The number of nitrogens with one attached hydrogen (secondary N) is 3. The molecule has 3 amide bonds. The number of carbonyl (C=O) groups excluding carboxylic acids is 4. The Hall–Kier alpha value is -3.99. The van der Waals surface area contributed by atoms with E-state index in [1.165, 1.54) is 32.2 Å². The van der Waals surface area contributed by atoms with Gasteiger partial charge in [-0.2, -0.15) is 0 Å². The first kappa shape index (κ1) is 30.6. The molecule has 3 rings (SSSR count). The van der Waals surface area contributed by atoms with E-state index in [4.69, 9.17) is 4.74 Å². The molecule has 0 radical (unpaired) electrons. The van der Waals surface area contributed by atoms with Crippen molar-refractivity contribution >= 4 is 23.7 Å². The molecule has 2 aromatic rings. The molecule has 0 aliphatic carbocycles. The van der Waals surface area contributed by atoms with Crippen LogP contribution in [0.3, 0.4) is 0 Å². The number of aromatic nitrogens is 1. The number of aliphatic hydroxyl groups is 1. The van der Waals surface area contributed by atoms with Gasteiger partial charge in [0, 0.05) is 6.20 Å². The molecule has 1 fully saturated rings. The highest BCUT2D eigenvalue weighted by Crippen LogP contribution is 2.21. The number of carbonyl (C=O) groups is 4. The van der Waals surface area contributed by atoms with Crippen molar-refractivity contribution in [3.63, 3.8) is 0 Å². The minimum absolute atomic E-state index is 0.0157. The number of esters is 1. The van der Waals surface area contributed by atoms with Crippen LogP contribution in [0.15, 0.2) is 48.7 Å². The van der Waals surface area contributed by atoms with E-state index in [0.29, 0.717) is 0 Å². The van der Waals surface area contributed by atoms with Crippen LogP contribution in [-0.4, -0.2) is 69.2 Å². The average molecular weight is 555 g/mol. The summed E-state index contributed by atoms with van der Waals surface area (Å²) in [5, 5.41) is 29.4. The quantitative estimate of drug-likeness (QED) is 0.334. The van der Waals surface area contributed by atoms with Gasteiger partial charge in [-0.05, 0) is 42.9 Å². The van der Waals surface area contributed by atoms with Crippen molar-refractivity contribution in [2.75, 3.05) is 0 Å². The lowest BCUT2D eigenvalue weighted by atomic mass is 9.88. The Bertz CT molecular complexity index is 1210. The van der Waals surface area contributed by atoms with Crippen molar-refractivity contribution in [2.45, 2.75) is 71.4 Å². The Morgan fingerprint density at radius 3 is 2.33 bits per heavy atom. The number of hydrogen-bond donors (Lipinski definition) is 5. The summed E-state index contributed by atoms with van der Waals surface area (Å²) < 4.78 is 5.65. The van der Waals surface area contributed by atoms with Crippen LogP contribution in [0.25, 0.3) is 0 Å². The number of hydrogen-bond acceptors (Lipinski definition) is 8. The number of cyclic esters (lactones) is 1. The summed E-state index contributed by atoms with van der Waals surface area (Å²) in [4.78, 5) is 57.0. The first-order valence-electron chi connectivity index (χ1n) is 13.4. The van der Waals surface area contributed by atoms with Crippen LogP contribution >= 0.6 is 0 Å². The molecule has 11 heteroatoms. The van der Waals surface area contributed by atoms with Gasteiger partial charge in [0.1, 0.15) is 23.9 Å². The number of benzene rings is 1. The van der Waals surface area contributed by atoms with Crippen LogP contribution in [0.5, 0.6) is 5.75 Å². The third-order valence-corrected chi connectivity index (χ3v) is 7.44. The molecule has 1 aromatic carbocycles. The average Bonchev–Trinajstić information content (AvgIpc) is 2.92. The summed E-state index contributed by atoms with van der Waals surface area (Å²) in [5.74, 6) is -4.69. The van der Waals surface area contributed by atoms with Crippen molar-refractivity contribution < 1.29 is 34.1 Å². The molecule has 5 N–H and O–H groups in total. The predicted molar refractivity (Wildman–Crippen MR) is 146 cm³/mol. The molecule has 2 unspecified atom stereocenters. The third kappa shape index (κ3) is 7.35. The lowest BCUT2D eigenvalue weighted by Gasteiger charge is -2.35. The maximum absolute atomic E-state index is 13.6. The zero-order valence-electron chi connectivity index (χ0n) is 23.3. The summed E-state index contributed by atoms with van der Waals surface area (Å²) >= 11 is 0. The number of rotatable bonds is 6. The third-order valence-electron chi connectivity index (χ3n) is 7.44. The van der Waals surface area contributed by atoms with Gasteiger partial charge >= 0.3 is 5.97 Å². The van der Waals surface area contributed by atoms with E-state index < -0.39 is 65.7 Å². The molecule has 1 aromatic heterocycles. The number of nitrogens with zero attached hydrogens (tertiary/aromatic N) is 1. The van der Waals surface area contributed by atoms with E-state index in [2.05, 4.69) is 20.9 Å². The second kappa shape index (κ2) is 13.4. The van der Waals surface area contributed by atoms with Gasteiger partial charge in [-0.15, -0.1) is 0 Å². The molecule has 1 aliphatic rings. The number of ether oxygens (including phenoxy) is 1. The zero-order chi connectivity index (χ0) is 29.6. The van der Waals surface area contributed by atoms with E-state index in [-0.39, 0.29) is 24.0 Å². The first-order chi connectivity index (χ1) is 18.9. The van der Waals surface area contributed by atoms with Crippen molar-refractivity contribution in [3.8, 4) is 5.75 Å². The van der Waals surface area contributed by atoms with Crippen LogP contribution < -0.4 is 16.0 Å². The van der Waals surface area contributed by atoms with Crippen LogP contribution in [-0.2, 0) is 25.5 Å². The summed E-state index contributed by atoms with van der Waals surface area (Å²) in [6.45, 7) is 8.55. The van der Waals surface area contributed by atoms with Gasteiger partial charge in [0.2, 0.25) is 11.8 Å². The molecule has 40 heavy (non-hydrogen) atoms. The molecule has 7 atom stereocenters. The minimum Gasteiger partial charge on any atom is -0.505 e. The lowest BCUT2D eigenvalue weighted by Crippen LogP contribution is -2.61. The van der Waals surface area contributed by atoms with E-state index in [1.807, 2.05) is 44.2 Å². The summed E-state index contributed by atoms with van der Waals surface area (Å²) in [5.41, 5.74) is 0.490. The Morgan fingerprint density at radius 2 is 1.70 bits per heavy atom. The second-order valence-electron chi connectivity index (χ2n) is 10.6. The lowest BCUT2D eigenvalue weighted by molar-refractivity contribution is -0.158. The molecule has 2 heterocycles. The summed E-state index contributed by atoms with van der Waals surface area (Å²) in [6.07, 6.45) is -1.02. The van der Waals surface area contributed by atoms with Gasteiger partial charge in [0.25, 0.3) is 5.91 Å². The van der Waals surface area contributed by atoms with E-state index >= 15 is 0 Å². The molecule has 11 nitrogen and oxygen atoms in total. The minimum atomic E-state index is -1.41. The van der Waals surface area contributed by atoms with Crippen molar-refractivity contribution in [1.82, 2.24) is 20.9 Å². The van der Waals surface area contributed by atoms with Crippen LogP contribution in [0, 0.1) is 17.8 Å². The highest BCUT2D eigenvalue weighted by Gasteiger charge is 2.40. The van der Waals surface area contributed by atoms with Gasteiger partial charge in [0.05, 0.1) is 18.1 Å². The van der Waals surface area contributed by atoms with Gasteiger partial charge in [-0.25, -0.2) is 9.78 Å². The Morgan fingerprint density at radius 1 is 1.02 bits per heavy atom. The van der Waals surface area contributed by atoms with Crippen LogP contribution in [0.1, 0.15) is 50.7 Å². The number of aromatic hydroxyl groups is 1. The summed E-state index contributed by atoms with van der Waals surface area (Å²) in [6, 6.07) is 8.44. The number of aliphatic hydroxyl groups excluding tert-OH is 1. The standard InChI is InChI=1S/C29H38N4O7/c1-15(2)16(3)22-29(39)40-18(5)23(33-28(38)24-21(34)12-9-13-30-24)27(37)31-20(14-19-10-7-6-8-11-19)25(35)17(4)26(36)32-22/h6-13,15-18,20,22-23,25,34-35H,14H2,1-5H3,(H,31,37)(H,32,36)(H,33,38)/t16?,17-,18-,20+,22?,23+,25+/m1/s1. The Kier molecular flexibility index (Phi) is 10.2. The Labute approximate surface area is 233 Å². The molecule has 0 spiro atoms. The number of pyridine rings is 1. The molecule has 216 valence electrons. The monoisotopic (exact) mass is 554 g/mol. The van der Waals surface area contributed by atoms with Gasteiger partial charge < -0.3 is 30.9 Å². The molecular formula is C29H38N4O7. The SMILES string of the molecule is CC(C)C(C)C1NC(=O)[C@H](C)[C@H](O)[C@H](Cc2ccccc2)NC(=O)[C@@H](NC(=O)c2ncccc2O)[C@@H](C)OC1=O. The molecular weight excluding hydrogens is 516 g/mol. The topological polar surface area (TPSA) is 167 Å². The highest BCUT2D eigenvalue weighted by molar-refractivity contribution is 5.98. The molecule has 1 aliphatic heterocycles. The van der Waals surface area contributed by atoms with Crippen molar-refractivity contribution in [2.24, 2.45) is 17.8 Å². The number of amides is 3. The van der Waals surface area contributed by atoms with E-state index in [9.17, 15) is 29.4 Å². The van der Waals surface area contributed by atoms with Crippen LogP contribution in [0.4, 0.5) is 0 Å². The van der Waals surface area contributed by atoms with Gasteiger partial charge in [-0.1, -0.05) is 58.0 Å². The molecule has 1 saturated heterocycles. The van der Waals surface area contributed by atoms with Crippen molar-refractivity contribution in [1.29, 1.82) is 0 Å². The van der Waals surface area contributed by atoms with Crippen LogP contribution in [0.2, 0.25) is 0 Å². The van der Waals surface area contributed by atoms with Gasteiger partial charge in [-0.3, -0.25) is 14.4 Å². The van der Waals surface area contributed by atoms with Gasteiger partial charge in [0.15, 0.2) is 5.69 Å². The fraction of sp³-hybridized carbons (Fsp3) is 0.483. The van der Waals surface area contributed by atoms with E-state index in [1.54, 1.807) is 6.92 Å². The Balaban J connectivity index is 2.02. The smallest absolute Gasteiger partial charge is 0.329 e. The highest BCUT2D eigenvalue weighted by atomic mass is 16.5. The normalized spacial score (nSPS) is 26.9. The van der Waals surface area contributed by atoms with E-state index in [0.717, 1.165) is 5.56 Å².